The highest BCUT2D eigenvalue weighted by atomic mass is 16.6. The van der Waals surface area contributed by atoms with Gasteiger partial charge in [-0.2, -0.15) is 0 Å². The molecule has 1 aliphatic heterocycles. The molecule has 0 aliphatic carbocycles. The van der Waals surface area contributed by atoms with Crippen LogP contribution in [0.25, 0.3) is 0 Å². The summed E-state index contributed by atoms with van der Waals surface area (Å²) < 4.78 is 11.0. The minimum absolute atomic E-state index is 0.0576. The Morgan fingerprint density at radius 2 is 1.65 bits per heavy atom. The molecule has 0 amide bonds. The lowest BCUT2D eigenvalue weighted by Gasteiger charge is -2.15. The van der Waals surface area contributed by atoms with Gasteiger partial charge in [-0.25, -0.2) is 0 Å². The lowest BCUT2D eigenvalue weighted by molar-refractivity contribution is -0.139. The number of carbonyl (C=O) groups excluding carboxylic acids is 1. The minimum atomic E-state index is -0.106. The highest BCUT2D eigenvalue weighted by Gasteiger charge is 2.31. The predicted molar refractivity (Wildman–Crippen MR) is 129 cm³/mol. The van der Waals surface area contributed by atoms with E-state index in [-0.39, 0.29) is 18.0 Å². The Morgan fingerprint density at radius 3 is 2.29 bits per heavy atom. The summed E-state index contributed by atoms with van der Waals surface area (Å²) in [5, 5.41) is 0. The normalized spacial score (nSPS) is 16.8. The van der Waals surface area contributed by atoms with Crippen LogP contribution >= 0.6 is 0 Å². The maximum Gasteiger partial charge on any atom is 0.314 e. The standard InChI is InChI=1S/C28H42O3/c1-3-4-5-6-7-8-9-10-11-12-13-14-15-16-17-25(22-27-23-30-27)28(29)31-26-20-18-24(2)19-21-26/h7-8,10-11,18-21,25,27H,3-6,9,12-17,22-23H2,1-2H3/b8-7-,11-10-. The molecule has 31 heavy (non-hydrogen) atoms. The number of epoxide rings is 1. The Morgan fingerprint density at radius 1 is 1.00 bits per heavy atom. The average molecular weight is 427 g/mol. The summed E-state index contributed by atoms with van der Waals surface area (Å²) in [4.78, 5) is 12.6. The van der Waals surface area contributed by atoms with E-state index in [0.29, 0.717) is 5.75 Å². The van der Waals surface area contributed by atoms with Gasteiger partial charge in [-0.1, -0.05) is 81.0 Å². The molecule has 3 heteroatoms. The quantitative estimate of drug-likeness (QED) is 0.0841. The van der Waals surface area contributed by atoms with Crippen molar-refractivity contribution in [2.45, 2.75) is 97.0 Å². The smallest absolute Gasteiger partial charge is 0.314 e. The fourth-order valence-electron chi connectivity index (χ4n) is 3.68. The maximum absolute atomic E-state index is 12.6. The Balaban J connectivity index is 1.55. The van der Waals surface area contributed by atoms with E-state index < -0.39 is 0 Å². The molecule has 1 aromatic rings. The van der Waals surface area contributed by atoms with Crippen molar-refractivity contribution in [3.05, 3.63) is 54.1 Å². The lowest BCUT2D eigenvalue weighted by Crippen LogP contribution is -2.22. The zero-order valence-electron chi connectivity index (χ0n) is 19.7. The van der Waals surface area contributed by atoms with E-state index in [4.69, 9.17) is 9.47 Å². The topological polar surface area (TPSA) is 38.8 Å². The molecule has 1 fully saturated rings. The molecule has 1 heterocycles. The van der Waals surface area contributed by atoms with Gasteiger partial charge in [0.05, 0.1) is 18.6 Å². The molecule has 2 rings (SSSR count). The third kappa shape index (κ3) is 12.5. The van der Waals surface area contributed by atoms with Gasteiger partial charge in [-0.15, -0.1) is 0 Å². The highest BCUT2D eigenvalue weighted by molar-refractivity contribution is 5.75. The van der Waals surface area contributed by atoms with Crippen LogP contribution in [0.5, 0.6) is 5.75 Å². The number of rotatable bonds is 17. The van der Waals surface area contributed by atoms with Crippen LogP contribution in [0.4, 0.5) is 0 Å². The summed E-state index contributed by atoms with van der Waals surface area (Å²) in [7, 11) is 0. The van der Waals surface area contributed by atoms with Crippen LogP contribution in [0.15, 0.2) is 48.6 Å². The molecule has 2 unspecified atom stereocenters. The van der Waals surface area contributed by atoms with E-state index >= 15 is 0 Å². The number of benzene rings is 1. The number of allylic oxidation sites excluding steroid dienone is 4. The van der Waals surface area contributed by atoms with Gasteiger partial charge in [0, 0.05) is 0 Å². The molecular weight excluding hydrogens is 384 g/mol. The molecular formula is C28H42O3. The van der Waals surface area contributed by atoms with E-state index in [1.807, 2.05) is 31.2 Å². The van der Waals surface area contributed by atoms with Gasteiger partial charge in [-0.05, 0) is 64.0 Å². The van der Waals surface area contributed by atoms with Crippen LogP contribution in [0.2, 0.25) is 0 Å². The van der Waals surface area contributed by atoms with Crippen LogP contribution in [0, 0.1) is 12.8 Å². The van der Waals surface area contributed by atoms with Crippen molar-refractivity contribution < 1.29 is 14.3 Å². The molecule has 0 N–H and O–H groups in total. The van der Waals surface area contributed by atoms with Crippen molar-refractivity contribution in [2.75, 3.05) is 6.61 Å². The molecule has 1 aromatic carbocycles. The second kappa shape index (κ2) is 15.9. The number of ether oxygens (including phenoxy) is 2. The van der Waals surface area contributed by atoms with E-state index in [1.165, 1.54) is 44.9 Å². The van der Waals surface area contributed by atoms with E-state index in [1.54, 1.807) is 0 Å². The van der Waals surface area contributed by atoms with Crippen molar-refractivity contribution in [2.24, 2.45) is 5.92 Å². The SMILES string of the molecule is CCCCC/C=C\C/C=C\CCCCCCC(CC1CO1)C(=O)Oc1ccc(C)cc1. The van der Waals surface area contributed by atoms with E-state index in [0.717, 1.165) is 44.3 Å². The molecule has 0 aromatic heterocycles. The monoisotopic (exact) mass is 426 g/mol. The molecule has 0 saturated carbocycles. The van der Waals surface area contributed by atoms with Gasteiger partial charge >= 0.3 is 5.97 Å². The number of hydrogen-bond acceptors (Lipinski definition) is 3. The summed E-state index contributed by atoms with van der Waals surface area (Å²) in [5.41, 5.74) is 1.16. The first kappa shape index (κ1) is 25.4. The van der Waals surface area contributed by atoms with Gasteiger partial charge in [0.15, 0.2) is 0 Å². The van der Waals surface area contributed by atoms with E-state index in [9.17, 15) is 4.79 Å². The Kier molecular flexibility index (Phi) is 13.0. The second-order valence-electron chi connectivity index (χ2n) is 8.79. The first-order valence-corrected chi connectivity index (χ1v) is 12.4. The second-order valence-corrected chi connectivity index (χ2v) is 8.79. The Labute approximate surface area is 189 Å². The molecule has 0 radical (unpaired) electrons. The number of esters is 1. The Hall–Kier alpha value is -1.87. The first-order chi connectivity index (χ1) is 15.2. The molecule has 172 valence electrons. The van der Waals surface area contributed by atoms with E-state index in [2.05, 4.69) is 31.2 Å². The zero-order valence-corrected chi connectivity index (χ0v) is 19.7. The zero-order chi connectivity index (χ0) is 22.2. The Bertz CT molecular complexity index is 655. The summed E-state index contributed by atoms with van der Waals surface area (Å²) >= 11 is 0. The lowest BCUT2D eigenvalue weighted by atomic mass is 9.96. The summed E-state index contributed by atoms with van der Waals surface area (Å²) in [6.45, 7) is 5.06. The average Bonchev–Trinajstić information content (AvgIpc) is 3.59. The molecule has 1 aliphatic rings. The third-order valence-corrected chi connectivity index (χ3v) is 5.78. The minimum Gasteiger partial charge on any atom is -0.426 e. The van der Waals surface area contributed by atoms with Crippen molar-refractivity contribution >= 4 is 5.97 Å². The van der Waals surface area contributed by atoms with Gasteiger partial charge in [-0.3, -0.25) is 4.79 Å². The molecule has 0 spiro atoms. The molecule has 1 saturated heterocycles. The van der Waals surface area contributed by atoms with Crippen LogP contribution in [0.1, 0.15) is 89.5 Å². The van der Waals surface area contributed by atoms with Gasteiger partial charge < -0.3 is 9.47 Å². The summed E-state index contributed by atoms with van der Waals surface area (Å²) in [6, 6.07) is 7.68. The van der Waals surface area contributed by atoms with Gasteiger partial charge in [0.1, 0.15) is 5.75 Å². The van der Waals surface area contributed by atoms with Gasteiger partial charge in [0.2, 0.25) is 0 Å². The van der Waals surface area contributed by atoms with Crippen molar-refractivity contribution in [3.63, 3.8) is 0 Å². The molecule has 0 bridgehead atoms. The molecule has 3 nitrogen and oxygen atoms in total. The first-order valence-electron chi connectivity index (χ1n) is 12.4. The fraction of sp³-hybridized carbons (Fsp3) is 0.607. The predicted octanol–water partition coefficient (Wildman–Crippen LogP) is 7.73. The number of carbonyl (C=O) groups is 1. The number of hydrogen-bond donors (Lipinski definition) is 0. The van der Waals surface area contributed by atoms with Crippen molar-refractivity contribution in [1.29, 1.82) is 0 Å². The van der Waals surface area contributed by atoms with Crippen LogP contribution in [-0.4, -0.2) is 18.7 Å². The summed E-state index contributed by atoms with van der Waals surface area (Å²) in [6.07, 6.45) is 23.2. The maximum atomic E-state index is 12.6. The largest absolute Gasteiger partial charge is 0.426 e. The summed E-state index contributed by atoms with van der Waals surface area (Å²) in [5.74, 6) is 0.475. The van der Waals surface area contributed by atoms with Crippen LogP contribution in [-0.2, 0) is 9.53 Å². The van der Waals surface area contributed by atoms with Crippen LogP contribution < -0.4 is 4.74 Å². The van der Waals surface area contributed by atoms with Crippen molar-refractivity contribution in [1.82, 2.24) is 0 Å². The number of unbranched alkanes of at least 4 members (excludes halogenated alkanes) is 7. The third-order valence-electron chi connectivity index (χ3n) is 5.78. The number of aryl methyl sites for hydroxylation is 1. The highest BCUT2D eigenvalue weighted by Crippen LogP contribution is 2.26. The fourth-order valence-corrected chi connectivity index (χ4v) is 3.68. The van der Waals surface area contributed by atoms with Crippen LogP contribution in [0.3, 0.4) is 0 Å². The molecule has 2 atom stereocenters. The van der Waals surface area contributed by atoms with Crippen molar-refractivity contribution in [3.8, 4) is 5.75 Å². The van der Waals surface area contributed by atoms with Gasteiger partial charge in [0.25, 0.3) is 0 Å².